The number of methoxy groups -OCH3 is 1. The number of rotatable bonds is 3. The first kappa shape index (κ1) is 14.9. The smallest absolute Gasteiger partial charge is 0.138 e. The molecule has 7 aliphatic rings. The first-order valence-corrected chi connectivity index (χ1v) is 10.8. The van der Waals surface area contributed by atoms with E-state index in [0.717, 1.165) is 5.92 Å². The molecule has 0 radical (unpaired) electrons. The van der Waals surface area contributed by atoms with Crippen molar-refractivity contribution in [2.45, 2.75) is 74.5 Å². The summed E-state index contributed by atoms with van der Waals surface area (Å²) in [5, 5.41) is 4.06. The van der Waals surface area contributed by atoms with E-state index < -0.39 is 0 Å². The summed E-state index contributed by atoms with van der Waals surface area (Å²) in [7, 11) is 1.94. The first-order valence-electron chi connectivity index (χ1n) is 10.8. The average Bonchev–Trinajstić information content (AvgIpc) is 3.41. The summed E-state index contributed by atoms with van der Waals surface area (Å²) in [6.07, 6.45) is 10.7. The SMILES string of the molecule is COC12CCC3(CC1)C1Cc4cccc5c4C3(C(CC3CC3)CN1)C2O5. The summed E-state index contributed by atoms with van der Waals surface area (Å²) in [5.41, 5.74) is 3.69. The lowest BCUT2D eigenvalue weighted by Gasteiger charge is -2.72. The predicted octanol–water partition coefficient (Wildman–Crippen LogP) is 3.59. The van der Waals surface area contributed by atoms with Crippen LogP contribution in [0.2, 0.25) is 0 Å². The lowest BCUT2D eigenvalue weighted by atomic mass is 9.34. The molecule has 4 atom stereocenters. The van der Waals surface area contributed by atoms with Crippen LogP contribution in [0.1, 0.15) is 56.1 Å². The lowest BCUT2D eigenvalue weighted by Crippen LogP contribution is -2.81. The van der Waals surface area contributed by atoms with Gasteiger partial charge in [-0.25, -0.2) is 0 Å². The summed E-state index contributed by atoms with van der Waals surface area (Å²) in [4.78, 5) is 0. The molecule has 26 heavy (non-hydrogen) atoms. The van der Waals surface area contributed by atoms with Gasteiger partial charge >= 0.3 is 0 Å². The molecule has 2 heterocycles. The van der Waals surface area contributed by atoms with E-state index in [1.54, 1.807) is 11.1 Å². The zero-order valence-electron chi connectivity index (χ0n) is 15.7. The minimum Gasteiger partial charge on any atom is -0.486 e. The monoisotopic (exact) mass is 351 g/mol. The standard InChI is InChI=1S/C23H29NO2/c1-25-22-9-7-21(8-10-22)18-12-15-3-2-4-17-19(15)23(21,20(22)26-17)16(13-24-18)11-14-5-6-14/h2-4,14,16,18,20,24H,5-13H2,1H3. The van der Waals surface area contributed by atoms with Gasteiger partial charge in [-0.3, -0.25) is 0 Å². The van der Waals surface area contributed by atoms with Crippen LogP contribution in [0.15, 0.2) is 18.2 Å². The third kappa shape index (κ3) is 1.40. The van der Waals surface area contributed by atoms with E-state index in [4.69, 9.17) is 9.47 Å². The zero-order valence-corrected chi connectivity index (χ0v) is 15.7. The van der Waals surface area contributed by atoms with Crippen LogP contribution >= 0.6 is 0 Å². The molecule has 1 N–H and O–H groups in total. The average molecular weight is 351 g/mol. The van der Waals surface area contributed by atoms with Crippen LogP contribution in [0.25, 0.3) is 0 Å². The molecule has 8 rings (SSSR count). The van der Waals surface area contributed by atoms with E-state index in [2.05, 4.69) is 23.5 Å². The summed E-state index contributed by atoms with van der Waals surface area (Å²) in [6, 6.07) is 7.47. The number of piperidine rings is 1. The molecule has 1 aromatic rings. The van der Waals surface area contributed by atoms with E-state index in [-0.39, 0.29) is 17.1 Å². The summed E-state index contributed by atoms with van der Waals surface area (Å²) >= 11 is 0. The van der Waals surface area contributed by atoms with Crippen molar-refractivity contribution in [3.05, 3.63) is 29.3 Å². The Morgan fingerprint density at radius 1 is 1.19 bits per heavy atom. The van der Waals surface area contributed by atoms with Crippen LogP contribution in [-0.4, -0.2) is 31.4 Å². The molecule has 4 unspecified atom stereocenters. The van der Waals surface area contributed by atoms with Crippen molar-refractivity contribution in [3.8, 4) is 5.75 Å². The van der Waals surface area contributed by atoms with E-state index in [1.165, 1.54) is 63.7 Å². The largest absolute Gasteiger partial charge is 0.486 e. The van der Waals surface area contributed by atoms with Crippen LogP contribution in [0, 0.1) is 17.3 Å². The Balaban J connectivity index is 1.54. The minimum atomic E-state index is -0.0704. The molecule has 3 nitrogen and oxygen atoms in total. The fraction of sp³-hybridized carbons (Fsp3) is 0.739. The highest BCUT2D eigenvalue weighted by molar-refractivity contribution is 5.59. The topological polar surface area (TPSA) is 30.5 Å². The van der Waals surface area contributed by atoms with Crippen molar-refractivity contribution < 1.29 is 9.47 Å². The fourth-order valence-electron chi connectivity index (χ4n) is 8.42. The highest BCUT2D eigenvalue weighted by Gasteiger charge is 2.79. The van der Waals surface area contributed by atoms with Crippen molar-refractivity contribution in [3.63, 3.8) is 0 Å². The maximum atomic E-state index is 6.88. The van der Waals surface area contributed by atoms with Crippen LogP contribution in [0.4, 0.5) is 0 Å². The molecule has 4 bridgehead atoms. The Kier molecular flexibility index (Phi) is 2.58. The van der Waals surface area contributed by atoms with Gasteiger partial charge in [0.2, 0.25) is 0 Å². The van der Waals surface area contributed by atoms with Gasteiger partial charge in [0.1, 0.15) is 17.5 Å². The number of hydrogen-bond donors (Lipinski definition) is 1. The third-order valence-electron chi connectivity index (χ3n) is 9.54. The second-order valence-corrected chi connectivity index (χ2v) is 10.1. The van der Waals surface area contributed by atoms with Gasteiger partial charge in [-0.1, -0.05) is 25.0 Å². The number of benzene rings is 1. The van der Waals surface area contributed by atoms with Gasteiger partial charge in [-0.05, 0) is 68.5 Å². The first-order chi connectivity index (χ1) is 12.7. The normalized spacial score (nSPS) is 49.7. The van der Waals surface area contributed by atoms with E-state index in [9.17, 15) is 0 Å². The number of fused-ring (bicyclic) bond motifs is 2. The molecular weight excluding hydrogens is 322 g/mol. The quantitative estimate of drug-likeness (QED) is 0.903. The summed E-state index contributed by atoms with van der Waals surface area (Å²) in [6.45, 7) is 1.18. The highest BCUT2D eigenvalue weighted by atomic mass is 16.6. The van der Waals surface area contributed by atoms with Gasteiger partial charge < -0.3 is 14.8 Å². The number of hydrogen-bond acceptors (Lipinski definition) is 3. The molecule has 0 aromatic heterocycles. The summed E-state index contributed by atoms with van der Waals surface area (Å²) in [5.74, 6) is 2.86. The Bertz CT molecular complexity index is 791. The second kappa shape index (κ2) is 4.50. The molecule has 2 spiro atoms. The van der Waals surface area contributed by atoms with Crippen molar-refractivity contribution in [2.75, 3.05) is 13.7 Å². The van der Waals surface area contributed by atoms with Crippen molar-refractivity contribution >= 4 is 0 Å². The molecule has 1 aromatic carbocycles. The molecule has 5 fully saturated rings. The second-order valence-electron chi connectivity index (χ2n) is 10.1. The van der Waals surface area contributed by atoms with Crippen LogP contribution < -0.4 is 10.1 Å². The van der Waals surface area contributed by atoms with Gasteiger partial charge in [0.25, 0.3) is 0 Å². The van der Waals surface area contributed by atoms with Crippen LogP contribution in [0.5, 0.6) is 5.75 Å². The summed E-state index contributed by atoms with van der Waals surface area (Å²) < 4.78 is 13.2. The van der Waals surface area contributed by atoms with Gasteiger partial charge in [0.05, 0.1) is 5.41 Å². The Morgan fingerprint density at radius 3 is 2.81 bits per heavy atom. The Hall–Kier alpha value is -1.06. The fourth-order valence-corrected chi connectivity index (χ4v) is 8.42. The maximum Gasteiger partial charge on any atom is 0.138 e. The van der Waals surface area contributed by atoms with Crippen LogP contribution in [0.3, 0.4) is 0 Å². The van der Waals surface area contributed by atoms with Gasteiger partial charge in [-0.2, -0.15) is 0 Å². The van der Waals surface area contributed by atoms with Crippen molar-refractivity contribution in [1.82, 2.24) is 5.32 Å². The molecule has 4 saturated carbocycles. The molecule has 2 aliphatic heterocycles. The van der Waals surface area contributed by atoms with Crippen molar-refractivity contribution in [1.29, 1.82) is 0 Å². The Morgan fingerprint density at radius 2 is 2.04 bits per heavy atom. The number of nitrogens with one attached hydrogen (secondary N) is 1. The van der Waals surface area contributed by atoms with E-state index in [1.807, 2.05) is 7.11 Å². The number of ether oxygens (including phenoxy) is 2. The third-order valence-corrected chi connectivity index (χ3v) is 9.54. The molecule has 0 amide bonds. The van der Waals surface area contributed by atoms with Gasteiger partial charge in [0, 0.05) is 24.1 Å². The van der Waals surface area contributed by atoms with Gasteiger partial charge in [-0.15, -0.1) is 0 Å². The molecule has 5 aliphatic carbocycles. The molecule has 1 saturated heterocycles. The van der Waals surface area contributed by atoms with Crippen LogP contribution in [-0.2, 0) is 16.6 Å². The van der Waals surface area contributed by atoms with E-state index in [0.29, 0.717) is 17.4 Å². The van der Waals surface area contributed by atoms with Crippen molar-refractivity contribution in [2.24, 2.45) is 17.3 Å². The lowest BCUT2D eigenvalue weighted by molar-refractivity contribution is -0.250. The minimum absolute atomic E-state index is 0.0704. The van der Waals surface area contributed by atoms with Gasteiger partial charge in [0.15, 0.2) is 0 Å². The predicted molar refractivity (Wildman–Crippen MR) is 99.5 cm³/mol. The maximum absolute atomic E-state index is 6.88. The molecule has 3 heteroatoms. The Labute approximate surface area is 155 Å². The molecule has 138 valence electrons. The highest BCUT2D eigenvalue weighted by Crippen LogP contribution is 2.75. The van der Waals surface area contributed by atoms with E-state index >= 15 is 0 Å². The zero-order chi connectivity index (χ0) is 17.1. The molecular formula is C23H29NO2.